The zero-order valence-electron chi connectivity index (χ0n) is 15.1. The molecular formula is C22H17N3O3. The lowest BCUT2D eigenvalue weighted by Gasteiger charge is -2.12. The molecule has 6 nitrogen and oxygen atoms in total. The molecule has 0 atom stereocenters. The van der Waals surface area contributed by atoms with E-state index in [0.29, 0.717) is 28.8 Å². The van der Waals surface area contributed by atoms with Gasteiger partial charge in [-0.1, -0.05) is 12.1 Å². The van der Waals surface area contributed by atoms with Crippen molar-refractivity contribution in [2.75, 3.05) is 0 Å². The van der Waals surface area contributed by atoms with Gasteiger partial charge in [0.05, 0.1) is 28.1 Å². The molecule has 1 aliphatic rings. The van der Waals surface area contributed by atoms with Crippen LogP contribution < -0.4 is 5.56 Å². The maximum absolute atomic E-state index is 13.0. The molecule has 2 aromatic carbocycles. The molecule has 6 heteroatoms. The average Bonchev–Trinajstić information content (AvgIpc) is 2.91. The van der Waals surface area contributed by atoms with E-state index in [2.05, 4.69) is 11.1 Å². The average molecular weight is 371 g/mol. The van der Waals surface area contributed by atoms with Crippen molar-refractivity contribution in [1.29, 1.82) is 5.26 Å². The number of hydrogen-bond acceptors (Lipinski definition) is 4. The van der Waals surface area contributed by atoms with Crippen molar-refractivity contribution in [3.05, 3.63) is 75.3 Å². The van der Waals surface area contributed by atoms with Crippen molar-refractivity contribution < 1.29 is 9.90 Å². The second-order valence-corrected chi connectivity index (χ2v) is 6.79. The highest BCUT2D eigenvalue weighted by Gasteiger charge is 2.18. The lowest BCUT2D eigenvalue weighted by atomic mass is 10.0. The normalized spacial score (nSPS) is 15.0. The SMILES string of the molecule is N#Cc1ccc(C=C2CCCCn3c2nc2cc(C(=O)O)ccc2c3=O)cc1. The molecule has 0 fully saturated rings. The van der Waals surface area contributed by atoms with Gasteiger partial charge in [-0.15, -0.1) is 0 Å². The number of aromatic nitrogens is 2. The van der Waals surface area contributed by atoms with Crippen LogP contribution in [0.3, 0.4) is 0 Å². The number of carboxylic acids is 1. The first-order valence-corrected chi connectivity index (χ1v) is 9.06. The molecule has 0 aliphatic carbocycles. The van der Waals surface area contributed by atoms with Crippen molar-refractivity contribution in [1.82, 2.24) is 9.55 Å². The second kappa shape index (κ2) is 7.12. The van der Waals surface area contributed by atoms with Crippen LogP contribution in [-0.4, -0.2) is 20.6 Å². The number of carbonyl (C=O) groups is 1. The van der Waals surface area contributed by atoms with Crippen LogP contribution in [0.5, 0.6) is 0 Å². The standard InChI is InChI=1S/C22H17N3O3/c23-13-15-6-4-14(5-7-15)11-16-3-1-2-10-25-20(16)24-19-12-17(22(27)28)8-9-18(19)21(25)26/h4-9,11-12H,1-3,10H2,(H,27,28). The molecule has 28 heavy (non-hydrogen) atoms. The first-order chi connectivity index (χ1) is 13.6. The number of aromatic carboxylic acids is 1. The van der Waals surface area contributed by atoms with Crippen LogP contribution >= 0.6 is 0 Å². The van der Waals surface area contributed by atoms with Crippen molar-refractivity contribution >= 4 is 28.5 Å². The minimum absolute atomic E-state index is 0.107. The Balaban J connectivity index is 1.91. The van der Waals surface area contributed by atoms with Crippen molar-refractivity contribution in [3.8, 4) is 6.07 Å². The van der Waals surface area contributed by atoms with E-state index in [4.69, 9.17) is 5.26 Å². The molecule has 2 heterocycles. The Hall–Kier alpha value is -3.72. The molecule has 0 spiro atoms. The third kappa shape index (κ3) is 3.19. The molecule has 0 saturated carbocycles. The van der Waals surface area contributed by atoms with Gasteiger partial charge in [0.2, 0.25) is 0 Å². The van der Waals surface area contributed by atoms with E-state index >= 15 is 0 Å². The molecule has 1 aliphatic heterocycles. The summed E-state index contributed by atoms with van der Waals surface area (Å²) >= 11 is 0. The van der Waals surface area contributed by atoms with Crippen LogP contribution in [0.15, 0.2) is 47.3 Å². The van der Waals surface area contributed by atoms with Crippen LogP contribution in [0.4, 0.5) is 0 Å². The van der Waals surface area contributed by atoms with Gasteiger partial charge < -0.3 is 5.11 Å². The number of rotatable bonds is 2. The Morgan fingerprint density at radius 1 is 1.18 bits per heavy atom. The summed E-state index contributed by atoms with van der Waals surface area (Å²) in [6.07, 6.45) is 4.56. The van der Waals surface area contributed by atoms with Gasteiger partial charge in [0, 0.05) is 6.54 Å². The maximum atomic E-state index is 13.0. The predicted octanol–water partition coefficient (Wildman–Crippen LogP) is 3.69. The first kappa shape index (κ1) is 17.7. The number of fused-ring (bicyclic) bond motifs is 2. The fourth-order valence-electron chi connectivity index (χ4n) is 3.50. The van der Waals surface area contributed by atoms with Crippen LogP contribution in [0.2, 0.25) is 0 Å². The summed E-state index contributed by atoms with van der Waals surface area (Å²) in [6, 6.07) is 13.8. The number of nitriles is 1. The van der Waals surface area contributed by atoms with Crippen molar-refractivity contribution in [2.45, 2.75) is 25.8 Å². The predicted molar refractivity (Wildman–Crippen MR) is 106 cm³/mol. The van der Waals surface area contributed by atoms with Crippen LogP contribution in [0, 0.1) is 11.3 Å². The molecule has 0 unspecified atom stereocenters. The highest BCUT2D eigenvalue weighted by molar-refractivity contribution is 5.93. The molecule has 138 valence electrons. The quantitative estimate of drug-likeness (QED) is 0.741. The van der Waals surface area contributed by atoms with Crippen LogP contribution in [0.25, 0.3) is 22.6 Å². The van der Waals surface area contributed by atoms with Gasteiger partial charge in [-0.25, -0.2) is 9.78 Å². The lowest BCUT2D eigenvalue weighted by molar-refractivity contribution is 0.0697. The number of hydrogen-bond donors (Lipinski definition) is 1. The monoisotopic (exact) mass is 371 g/mol. The van der Waals surface area contributed by atoms with E-state index in [9.17, 15) is 14.7 Å². The smallest absolute Gasteiger partial charge is 0.335 e. The molecule has 4 rings (SSSR count). The Morgan fingerprint density at radius 2 is 1.96 bits per heavy atom. The summed E-state index contributed by atoms with van der Waals surface area (Å²) in [5.41, 5.74) is 2.80. The van der Waals surface area contributed by atoms with Gasteiger partial charge in [-0.2, -0.15) is 5.26 Å². The third-order valence-electron chi connectivity index (χ3n) is 4.95. The minimum atomic E-state index is -1.05. The van der Waals surface area contributed by atoms with Crippen molar-refractivity contribution in [3.63, 3.8) is 0 Å². The van der Waals surface area contributed by atoms with E-state index in [1.807, 2.05) is 18.2 Å². The zero-order chi connectivity index (χ0) is 19.7. The van der Waals surface area contributed by atoms with E-state index in [1.165, 1.54) is 18.2 Å². The second-order valence-electron chi connectivity index (χ2n) is 6.79. The van der Waals surface area contributed by atoms with Gasteiger partial charge in [-0.05, 0) is 66.8 Å². The summed E-state index contributed by atoms with van der Waals surface area (Å²) in [5.74, 6) is -0.464. The van der Waals surface area contributed by atoms with E-state index in [-0.39, 0.29) is 11.1 Å². The van der Waals surface area contributed by atoms with Crippen LogP contribution in [-0.2, 0) is 6.54 Å². The molecule has 1 aromatic heterocycles. The third-order valence-corrected chi connectivity index (χ3v) is 4.95. The van der Waals surface area contributed by atoms with E-state index < -0.39 is 5.97 Å². The number of carboxylic acid groups (broad SMARTS) is 1. The Morgan fingerprint density at radius 3 is 2.68 bits per heavy atom. The Labute approximate surface area is 161 Å². The lowest BCUT2D eigenvalue weighted by Crippen LogP contribution is -2.24. The fourth-order valence-corrected chi connectivity index (χ4v) is 3.50. The number of allylic oxidation sites excluding steroid dienone is 1. The van der Waals surface area contributed by atoms with Crippen LogP contribution in [0.1, 0.15) is 46.6 Å². The highest BCUT2D eigenvalue weighted by Crippen LogP contribution is 2.27. The summed E-state index contributed by atoms with van der Waals surface area (Å²) in [6.45, 7) is 0.586. The highest BCUT2D eigenvalue weighted by atomic mass is 16.4. The summed E-state index contributed by atoms with van der Waals surface area (Å²) in [5, 5.41) is 18.6. The zero-order valence-corrected chi connectivity index (χ0v) is 15.1. The molecular weight excluding hydrogens is 354 g/mol. The molecule has 0 radical (unpaired) electrons. The first-order valence-electron chi connectivity index (χ1n) is 9.06. The van der Waals surface area contributed by atoms with Gasteiger partial charge in [-0.3, -0.25) is 9.36 Å². The largest absolute Gasteiger partial charge is 0.478 e. The number of benzene rings is 2. The van der Waals surface area contributed by atoms with Crippen molar-refractivity contribution in [2.24, 2.45) is 0 Å². The van der Waals surface area contributed by atoms with Gasteiger partial charge >= 0.3 is 5.97 Å². The molecule has 0 saturated heterocycles. The summed E-state index contributed by atoms with van der Waals surface area (Å²) < 4.78 is 1.69. The summed E-state index contributed by atoms with van der Waals surface area (Å²) in [4.78, 5) is 29.0. The Bertz CT molecular complexity index is 1210. The molecule has 0 amide bonds. The molecule has 0 bridgehead atoms. The maximum Gasteiger partial charge on any atom is 0.335 e. The molecule has 1 N–H and O–H groups in total. The van der Waals surface area contributed by atoms with Gasteiger partial charge in [0.15, 0.2) is 0 Å². The van der Waals surface area contributed by atoms with E-state index in [0.717, 1.165) is 30.4 Å². The topological polar surface area (TPSA) is 96.0 Å². The van der Waals surface area contributed by atoms with Gasteiger partial charge in [0.25, 0.3) is 5.56 Å². The minimum Gasteiger partial charge on any atom is -0.478 e. The summed E-state index contributed by atoms with van der Waals surface area (Å²) in [7, 11) is 0. The van der Waals surface area contributed by atoms with E-state index in [1.54, 1.807) is 16.7 Å². The van der Waals surface area contributed by atoms with Gasteiger partial charge in [0.1, 0.15) is 5.82 Å². The number of nitrogens with zero attached hydrogens (tertiary/aromatic N) is 3. The molecule has 3 aromatic rings. The fraction of sp³-hybridized carbons (Fsp3) is 0.182. The Kier molecular flexibility index (Phi) is 4.50.